The Balaban J connectivity index is 2.74. The number of nitrogens with zero attached hydrogens (tertiary/aromatic N) is 1. The Morgan fingerprint density at radius 1 is 1.19 bits per heavy atom. The van der Waals surface area contributed by atoms with E-state index in [-0.39, 0.29) is 10.9 Å². The average molecular weight is 292 g/mol. The maximum absolute atomic E-state index is 12.4. The molecular weight excluding hydrogens is 287 g/mol. The maximum atomic E-state index is 12.4. The number of aromatic hydroxyl groups is 1. The number of hydrogen-bond donors (Lipinski definition) is 1. The summed E-state index contributed by atoms with van der Waals surface area (Å²) in [6.07, 6.45) is -4.56. The van der Waals surface area contributed by atoms with Crippen LogP contribution in [0.5, 0.6) is 5.75 Å². The van der Waals surface area contributed by atoms with Gasteiger partial charge in [-0.3, -0.25) is 0 Å². The van der Waals surface area contributed by atoms with Crippen molar-refractivity contribution < 1.29 is 18.3 Å². The van der Waals surface area contributed by atoms with Gasteiger partial charge in [0, 0.05) is 15.9 Å². The van der Waals surface area contributed by atoms with Crippen LogP contribution in [0.4, 0.5) is 13.2 Å². The number of hydrogen-bond acceptors (Lipinski definition) is 2. The molecule has 1 aromatic carbocycles. The first-order valence-corrected chi connectivity index (χ1v) is 5.04. The number of aromatic nitrogens is 1. The average Bonchev–Trinajstić information content (AvgIpc) is 2.17. The molecule has 16 heavy (non-hydrogen) atoms. The molecular formula is C10H5BrF3NO. The first-order chi connectivity index (χ1) is 7.38. The molecule has 0 unspecified atom stereocenters. The minimum absolute atomic E-state index is 0.107. The third-order valence-electron chi connectivity index (χ3n) is 2.04. The van der Waals surface area contributed by atoms with Gasteiger partial charge in [0.05, 0.1) is 5.52 Å². The molecule has 84 valence electrons. The summed E-state index contributed by atoms with van der Waals surface area (Å²) >= 11 is 3.16. The Labute approximate surface area is 96.9 Å². The molecule has 0 aliphatic carbocycles. The summed E-state index contributed by atoms with van der Waals surface area (Å²) in [6.45, 7) is 0. The summed E-state index contributed by atoms with van der Waals surface area (Å²) in [5.74, 6) is -0.432. The molecule has 1 N–H and O–H groups in total. The van der Waals surface area contributed by atoms with E-state index in [1.54, 1.807) is 6.07 Å². The van der Waals surface area contributed by atoms with Gasteiger partial charge in [0.15, 0.2) is 0 Å². The summed E-state index contributed by atoms with van der Waals surface area (Å²) in [7, 11) is 0. The Morgan fingerprint density at radius 2 is 1.88 bits per heavy atom. The smallest absolute Gasteiger partial charge is 0.433 e. The van der Waals surface area contributed by atoms with E-state index >= 15 is 0 Å². The molecule has 0 spiro atoms. The Hall–Kier alpha value is -1.30. The molecule has 6 heteroatoms. The molecule has 0 fully saturated rings. The van der Waals surface area contributed by atoms with Crippen molar-refractivity contribution in [1.29, 1.82) is 0 Å². The van der Waals surface area contributed by atoms with Gasteiger partial charge in [-0.25, -0.2) is 4.98 Å². The molecule has 0 bridgehead atoms. The van der Waals surface area contributed by atoms with Crippen molar-refractivity contribution in [2.75, 3.05) is 0 Å². The third-order valence-corrected chi connectivity index (χ3v) is 2.53. The van der Waals surface area contributed by atoms with Gasteiger partial charge in [-0.1, -0.05) is 15.9 Å². The molecule has 0 aliphatic heterocycles. The lowest BCUT2D eigenvalue weighted by atomic mass is 10.2. The standard InChI is InChI=1S/C10H5BrF3NO/c11-5-1-2-7-6(3-5)8(16)4-9(15-7)10(12,13)14/h1-4H,(H,15,16). The normalized spacial score (nSPS) is 12.0. The predicted octanol–water partition coefficient (Wildman–Crippen LogP) is 3.72. The molecule has 1 heterocycles. The lowest BCUT2D eigenvalue weighted by Crippen LogP contribution is -2.07. The lowest BCUT2D eigenvalue weighted by molar-refractivity contribution is -0.141. The molecule has 0 aliphatic rings. The molecule has 0 saturated heterocycles. The lowest BCUT2D eigenvalue weighted by Gasteiger charge is -2.08. The van der Waals surface area contributed by atoms with Gasteiger partial charge >= 0.3 is 6.18 Å². The van der Waals surface area contributed by atoms with Gasteiger partial charge in [0.1, 0.15) is 11.4 Å². The minimum atomic E-state index is -4.56. The second-order valence-electron chi connectivity index (χ2n) is 3.19. The zero-order valence-corrected chi connectivity index (χ0v) is 9.30. The van der Waals surface area contributed by atoms with Gasteiger partial charge in [-0.2, -0.15) is 13.2 Å². The van der Waals surface area contributed by atoms with Crippen LogP contribution in [0.1, 0.15) is 5.69 Å². The maximum Gasteiger partial charge on any atom is 0.433 e. The second kappa shape index (κ2) is 3.62. The molecule has 0 atom stereocenters. The van der Waals surface area contributed by atoms with Gasteiger partial charge in [-0.05, 0) is 18.2 Å². The van der Waals surface area contributed by atoms with Crippen molar-refractivity contribution in [3.05, 3.63) is 34.4 Å². The fourth-order valence-electron chi connectivity index (χ4n) is 1.33. The van der Waals surface area contributed by atoms with Crippen molar-refractivity contribution >= 4 is 26.8 Å². The van der Waals surface area contributed by atoms with E-state index < -0.39 is 17.6 Å². The van der Waals surface area contributed by atoms with E-state index in [4.69, 9.17) is 0 Å². The molecule has 0 amide bonds. The number of rotatable bonds is 0. The Bertz CT molecular complexity index is 553. The van der Waals surface area contributed by atoms with Crippen molar-refractivity contribution in [3.63, 3.8) is 0 Å². The molecule has 0 saturated carbocycles. The fraction of sp³-hybridized carbons (Fsp3) is 0.100. The highest BCUT2D eigenvalue weighted by Gasteiger charge is 2.33. The quantitative estimate of drug-likeness (QED) is 0.802. The van der Waals surface area contributed by atoms with Crippen LogP contribution in [-0.4, -0.2) is 10.1 Å². The van der Waals surface area contributed by atoms with Crippen LogP contribution in [0.25, 0.3) is 10.9 Å². The fourth-order valence-corrected chi connectivity index (χ4v) is 1.69. The first kappa shape index (κ1) is 11.2. The molecule has 2 aromatic rings. The van der Waals surface area contributed by atoms with E-state index in [1.165, 1.54) is 12.1 Å². The van der Waals surface area contributed by atoms with Crippen LogP contribution in [0.2, 0.25) is 0 Å². The van der Waals surface area contributed by atoms with Gasteiger partial charge < -0.3 is 5.11 Å². The zero-order chi connectivity index (χ0) is 11.9. The summed E-state index contributed by atoms with van der Waals surface area (Å²) in [4.78, 5) is 3.44. The van der Waals surface area contributed by atoms with Crippen LogP contribution in [0.15, 0.2) is 28.7 Å². The topological polar surface area (TPSA) is 33.1 Å². The van der Waals surface area contributed by atoms with E-state index in [2.05, 4.69) is 20.9 Å². The van der Waals surface area contributed by atoms with Crippen LogP contribution in [0.3, 0.4) is 0 Å². The number of pyridine rings is 1. The van der Waals surface area contributed by atoms with E-state index in [0.29, 0.717) is 10.5 Å². The summed E-state index contributed by atoms with van der Waals surface area (Å²) in [5.41, 5.74) is -0.990. The van der Waals surface area contributed by atoms with Crippen LogP contribution in [-0.2, 0) is 6.18 Å². The largest absolute Gasteiger partial charge is 0.507 e. The van der Waals surface area contributed by atoms with Crippen molar-refractivity contribution in [1.82, 2.24) is 4.98 Å². The van der Waals surface area contributed by atoms with Gasteiger partial charge in [0.25, 0.3) is 0 Å². The van der Waals surface area contributed by atoms with Gasteiger partial charge in [-0.15, -0.1) is 0 Å². The number of fused-ring (bicyclic) bond motifs is 1. The SMILES string of the molecule is Oc1cc(C(F)(F)F)nc2ccc(Br)cc12. The summed E-state index contributed by atoms with van der Waals surface area (Å²) in [6, 6.07) is 5.11. The first-order valence-electron chi connectivity index (χ1n) is 4.24. The Morgan fingerprint density at radius 3 is 2.50 bits per heavy atom. The van der Waals surface area contributed by atoms with E-state index in [0.717, 1.165) is 0 Å². The van der Waals surface area contributed by atoms with Crippen molar-refractivity contribution in [2.45, 2.75) is 6.18 Å². The van der Waals surface area contributed by atoms with Crippen LogP contribution in [0, 0.1) is 0 Å². The number of benzene rings is 1. The molecule has 2 rings (SSSR count). The predicted molar refractivity (Wildman–Crippen MR) is 56.1 cm³/mol. The van der Waals surface area contributed by atoms with Crippen LogP contribution >= 0.6 is 15.9 Å². The highest BCUT2D eigenvalue weighted by atomic mass is 79.9. The summed E-state index contributed by atoms with van der Waals surface area (Å²) in [5, 5.41) is 9.76. The number of alkyl halides is 3. The molecule has 1 aromatic heterocycles. The highest BCUT2D eigenvalue weighted by Crippen LogP contribution is 2.34. The second-order valence-corrected chi connectivity index (χ2v) is 4.10. The highest BCUT2D eigenvalue weighted by molar-refractivity contribution is 9.10. The van der Waals surface area contributed by atoms with Crippen molar-refractivity contribution in [2.24, 2.45) is 0 Å². The molecule has 0 radical (unpaired) electrons. The zero-order valence-electron chi connectivity index (χ0n) is 7.72. The third kappa shape index (κ3) is 1.97. The van der Waals surface area contributed by atoms with E-state index in [1.807, 2.05) is 0 Å². The Kier molecular flexibility index (Phi) is 2.53. The van der Waals surface area contributed by atoms with E-state index in [9.17, 15) is 18.3 Å². The van der Waals surface area contributed by atoms with Crippen molar-refractivity contribution in [3.8, 4) is 5.75 Å². The van der Waals surface area contributed by atoms with Crippen LogP contribution < -0.4 is 0 Å². The monoisotopic (exact) mass is 291 g/mol. The molecule has 2 nitrogen and oxygen atoms in total. The number of halogens is 4. The minimum Gasteiger partial charge on any atom is -0.507 e. The van der Waals surface area contributed by atoms with Gasteiger partial charge in [0.2, 0.25) is 0 Å². The summed E-state index contributed by atoms with van der Waals surface area (Å²) < 4.78 is 37.8.